The molecule has 1 aliphatic rings. The molecular weight excluding hydrogens is 308 g/mol. The van der Waals surface area contributed by atoms with Crippen molar-refractivity contribution in [3.63, 3.8) is 0 Å². The van der Waals surface area contributed by atoms with Crippen molar-refractivity contribution in [3.05, 3.63) is 54.1 Å². The van der Waals surface area contributed by atoms with Crippen molar-refractivity contribution in [2.75, 3.05) is 0 Å². The molecule has 0 N–H and O–H groups in total. The first-order valence-corrected chi connectivity index (χ1v) is 9.28. The number of carbonyl (C=O) groups excluding carboxylic acids is 1. The molecule has 1 aliphatic carbocycles. The minimum atomic E-state index is 0.344. The van der Waals surface area contributed by atoms with Crippen molar-refractivity contribution in [1.29, 1.82) is 0 Å². The molecule has 1 saturated carbocycles. The SMILES string of the molecule is CC(C)(C)C1CCC(Oc2ccc(-c3ccc(C=O)cc3)cc2)CC1. The lowest BCUT2D eigenvalue weighted by Gasteiger charge is -2.36. The highest BCUT2D eigenvalue weighted by Gasteiger charge is 2.30. The molecule has 2 heteroatoms. The minimum Gasteiger partial charge on any atom is -0.490 e. The van der Waals surface area contributed by atoms with Gasteiger partial charge in [0.1, 0.15) is 12.0 Å². The molecule has 0 atom stereocenters. The van der Waals surface area contributed by atoms with Crippen LogP contribution in [0.25, 0.3) is 11.1 Å². The molecule has 1 fully saturated rings. The van der Waals surface area contributed by atoms with Gasteiger partial charge in [-0.2, -0.15) is 0 Å². The molecule has 0 spiro atoms. The van der Waals surface area contributed by atoms with E-state index in [0.717, 1.165) is 41.9 Å². The van der Waals surface area contributed by atoms with Crippen LogP contribution in [0.4, 0.5) is 0 Å². The van der Waals surface area contributed by atoms with E-state index < -0.39 is 0 Å². The monoisotopic (exact) mass is 336 g/mol. The van der Waals surface area contributed by atoms with Crippen molar-refractivity contribution in [2.45, 2.75) is 52.6 Å². The predicted molar refractivity (Wildman–Crippen MR) is 103 cm³/mol. The van der Waals surface area contributed by atoms with E-state index in [1.54, 1.807) is 0 Å². The summed E-state index contributed by atoms with van der Waals surface area (Å²) < 4.78 is 6.20. The van der Waals surface area contributed by atoms with Crippen molar-refractivity contribution in [1.82, 2.24) is 0 Å². The quantitative estimate of drug-likeness (QED) is 0.626. The van der Waals surface area contributed by atoms with E-state index in [-0.39, 0.29) is 0 Å². The summed E-state index contributed by atoms with van der Waals surface area (Å²) in [6.07, 6.45) is 6.03. The van der Waals surface area contributed by atoms with Crippen LogP contribution in [0, 0.1) is 11.3 Å². The molecular formula is C23H28O2. The Morgan fingerprint density at radius 2 is 1.36 bits per heavy atom. The summed E-state index contributed by atoms with van der Waals surface area (Å²) in [5.74, 6) is 1.76. The van der Waals surface area contributed by atoms with E-state index in [4.69, 9.17) is 4.74 Å². The van der Waals surface area contributed by atoms with Gasteiger partial charge in [-0.25, -0.2) is 0 Å². The fourth-order valence-corrected chi connectivity index (χ4v) is 3.72. The zero-order chi connectivity index (χ0) is 17.9. The van der Waals surface area contributed by atoms with Gasteiger partial charge in [0.15, 0.2) is 0 Å². The Balaban J connectivity index is 1.59. The Labute approximate surface area is 151 Å². The van der Waals surface area contributed by atoms with Crippen LogP contribution < -0.4 is 4.74 Å². The molecule has 2 nitrogen and oxygen atoms in total. The second-order valence-corrected chi connectivity index (χ2v) is 8.22. The topological polar surface area (TPSA) is 26.3 Å². The van der Waals surface area contributed by atoms with Gasteiger partial charge in [0.05, 0.1) is 6.10 Å². The highest BCUT2D eigenvalue weighted by atomic mass is 16.5. The Morgan fingerprint density at radius 1 is 0.840 bits per heavy atom. The van der Waals surface area contributed by atoms with Crippen LogP contribution >= 0.6 is 0 Å². The maximum Gasteiger partial charge on any atom is 0.150 e. The molecule has 0 aromatic heterocycles. The first-order chi connectivity index (χ1) is 12.0. The van der Waals surface area contributed by atoms with Gasteiger partial charge in [0.2, 0.25) is 0 Å². The number of carbonyl (C=O) groups is 1. The zero-order valence-electron chi connectivity index (χ0n) is 15.5. The summed E-state index contributed by atoms with van der Waals surface area (Å²) in [4.78, 5) is 10.7. The second kappa shape index (κ2) is 7.43. The normalized spacial score (nSPS) is 20.9. The highest BCUT2D eigenvalue weighted by Crippen LogP contribution is 2.38. The molecule has 2 aromatic rings. The maximum absolute atomic E-state index is 10.7. The van der Waals surface area contributed by atoms with Crippen molar-refractivity contribution >= 4 is 6.29 Å². The summed E-state index contributed by atoms with van der Waals surface area (Å²) >= 11 is 0. The Kier molecular flexibility index (Phi) is 5.27. The number of ether oxygens (including phenoxy) is 1. The first-order valence-electron chi connectivity index (χ1n) is 9.28. The summed E-state index contributed by atoms with van der Waals surface area (Å²) in [7, 11) is 0. The minimum absolute atomic E-state index is 0.344. The summed E-state index contributed by atoms with van der Waals surface area (Å²) in [6.45, 7) is 7.04. The number of hydrogen-bond acceptors (Lipinski definition) is 2. The van der Waals surface area contributed by atoms with Gasteiger partial charge in [0, 0.05) is 5.56 Å². The van der Waals surface area contributed by atoms with Crippen LogP contribution in [0.3, 0.4) is 0 Å². The average molecular weight is 336 g/mol. The summed E-state index contributed by atoms with van der Waals surface area (Å²) in [5.41, 5.74) is 3.37. The van der Waals surface area contributed by atoms with Crippen LogP contribution in [0.2, 0.25) is 0 Å². The lowest BCUT2D eigenvalue weighted by Crippen LogP contribution is -2.30. The van der Waals surface area contributed by atoms with Gasteiger partial charge < -0.3 is 4.74 Å². The van der Waals surface area contributed by atoms with Gasteiger partial charge in [-0.15, -0.1) is 0 Å². The van der Waals surface area contributed by atoms with E-state index >= 15 is 0 Å². The molecule has 3 rings (SSSR count). The lowest BCUT2D eigenvalue weighted by atomic mass is 9.72. The number of benzene rings is 2. The summed E-state index contributed by atoms with van der Waals surface area (Å²) in [6, 6.07) is 15.9. The van der Waals surface area contributed by atoms with Crippen LogP contribution in [0.5, 0.6) is 5.75 Å². The van der Waals surface area contributed by atoms with E-state index in [9.17, 15) is 4.79 Å². The van der Waals surface area contributed by atoms with Crippen molar-refractivity contribution in [2.24, 2.45) is 11.3 Å². The molecule has 132 valence electrons. The molecule has 0 radical (unpaired) electrons. The van der Waals surface area contributed by atoms with Crippen molar-refractivity contribution in [3.8, 4) is 16.9 Å². The van der Waals surface area contributed by atoms with Crippen LogP contribution in [0.15, 0.2) is 48.5 Å². The Hall–Kier alpha value is -2.09. The van der Waals surface area contributed by atoms with Gasteiger partial charge in [-0.3, -0.25) is 4.79 Å². The van der Waals surface area contributed by atoms with E-state index in [1.165, 1.54) is 12.8 Å². The Bertz CT molecular complexity index is 684. The van der Waals surface area contributed by atoms with Crippen LogP contribution in [0.1, 0.15) is 56.8 Å². The number of hydrogen-bond donors (Lipinski definition) is 0. The molecule has 0 heterocycles. The highest BCUT2D eigenvalue weighted by molar-refractivity contribution is 5.77. The van der Waals surface area contributed by atoms with Gasteiger partial charge >= 0.3 is 0 Å². The number of aldehydes is 1. The fraction of sp³-hybridized carbons (Fsp3) is 0.435. The van der Waals surface area contributed by atoms with Crippen LogP contribution in [-0.4, -0.2) is 12.4 Å². The average Bonchev–Trinajstić information content (AvgIpc) is 2.62. The molecule has 0 bridgehead atoms. The first kappa shape index (κ1) is 17.7. The Morgan fingerprint density at radius 3 is 1.84 bits per heavy atom. The molecule has 0 unspecified atom stereocenters. The molecule has 0 saturated heterocycles. The van der Waals surface area contributed by atoms with E-state index in [2.05, 4.69) is 45.0 Å². The van der Waals surface area contributed by atoms with Crippen LogP contribution in [-0.2, 0) is 0 Å². The molecule has 0 aliphatic heterocycles. The largest absolute Gasteiger partial charge is 0.490 e. The lowest BCUT2D eigenvalue weighted by molar-refractivity contribution is 0.0882. The van der Waals surface area contributed by atoms with Gasteiger partial charge in [-0.1, -0.05) is 57.2 Å². The number of rotatable bonds is 4. The summed E-state index contributed by atoms with van der Waals surface area (Å²) in [5, 5.41) is 0. The van der Waals surface area contributed by atoms with E-state index in [1.807, 2.05) is 24.3 Å². The van der Waals surface area contributed by atoms with Gasteiger partial charge in [-0.05, 0) is 60.3 Å². The third-order valence-electron chi connectivity index (χ3n) is 5.44. The fourth-order valence-electron chi connectivity index (χ4n) is 3.72. The molecule has 2 aromatic carbocycles. The standard InChI is InChI=1S/C23H28O2/c1-23(2,3)20-10-14-22(15-11-20)25-21-12-8-19(9-13-21)18-6-4-17(16-24)5-7-18/h4-9,12-13,16,20,22H,10-11,14-15H2,1-3H3. The molecule has 0 amide bonds. The molecule has 25 heavy (non-hydrogen) atoms. The second-order valence-electron chi connectivity index (χ2n) is 8.22. The van der Waals surface area contributed by atoms with Gasteiger partial charge in [0.25, 0.3) is 0 Å². The zero-order valence-corrected chi connectivity index (χ0v) is 15.5. The smallest absolute Gasteiger partial charge is 0.150 e. The third-order valence-corrected chi connectivity index (χ3v) is 5.44. The third kappa shape index (κ3) is 4.50. The van der Waals surface area contributed by atoms with Crippen molar-refractivity contribution < 1.29 is 9.53 Å². The maximum atomic E-state index is 10.7. The van der Waals surface area contributed by atoms with E-state index in [0.29, 0.717) is 17.1 Å². The predicted octanol–water partition coefficient (Wildman–Crippen LogP) is 6.15.